The summed E-state index contributed by atoms with van der Waals surface area (Å²) in [6, 6.07) is 6.55. The van der Waals surface area contributed by atoms with Crippen LogP contribution in [0.3, 0.4) is 0 Å². The number of halogens is 2. The van der Waals surface area contributed by atoms with E-state index < -0.39 is 22.2 Å². The third-order valence-electron chi connectivity index (χ3n) is 2.49. The molecule has 1 aromatic rings. The Labute approximate surface area is 127 Å². The van der Waals surface area contributed by atoms with Gasteiger partial charge in [0.15, 0.2) is 0 Å². The van der Waals surface area contributed by atoms with Gasteiger partial charge in [0, 0.05) is 0 Å². The molecular weight excluding hydrogens is 402 g/mol. The number of esters is 1. The van der Waals surface area contributed by atoms with E-state index in [0.29, 0.717) is 10.0 Å². The molecular formula is C11H9Br2NO4S. The number of carbonyl (C=O) groups is 1. The van der Waals surface area contributed by atoms with Crippen LogP contribution in [0.5, 0.6) is 0 Å². The van der Waals surface area contributed by atoms with Crippen molar-refractivity contribution in [1.29, 1.82) is 0 Å². The summed E-state index contributed by atoms with van der Waals surface area (Å²) in [5.74, 6) is -0.621. The minimum Gasteiger partial charge on any atom is -0.437 e. The summed E-state index contributed by atoms with van der Waals surface area (Å²) in [5.41, 5.74) is 0.610. The van der Waals surface area contributed by atoms with Gasteiger partial charge in [-0.05, 0) is 50.4 Å². The van der Waals surface area contributed by atoms with Gasteiger partial charge in [-0.3, -0.25) is 0 Å². The van der Waals surface area contributed by atoms with E-state index in [9.17, 15) is 13.2 Å². The van der Waals surface area contributed by atoms with Crippen LogP contribution in [0.15, 0.2) is 38.1 Å². The summed E-state index contributed by atoms with van der Waals surface area (Å²) < 4.78 is 32.1. The molecule has 0 fully saturated rings. The van der Waals surface area contributed by atoms with Gasteiger partial charge in [0.25, 0.3) is 0 Å². The summed E-state index contributed by atoms with van der Waals surface area (Å²) in [6.45, 7) is 1.69. The SMILES string of the molecule is Cc1ccccc1S(=O)(=O)N[C@H]1OC(=O)C(Br)=C1Br. The maximum atomic E-state index is 12.2. The molecule has 8 heteroatoms. The first-order valence-corrected chi connectivity index (χ1v) is 8.24. The molecule has 0 aliphatic carbocycles. The normalized spacial score (nSPS) is 19.7. The number of ether oxygens (including phenoxy) is 1. The van der Waals surface area contributed by atoms with E-state index in [1.165, 1.54) is 6.07 Å². The first-order chi connectivity index (χ1) is 8.83. The Balaban J connectivity index is 2.30. The molecule has 0 bridgehead atoms. The highest BCUT2D eigenvalue weighted by Gasteiger charge is 2.34. The average Bonchev–Trinajstić information content (AvgIpc) is 2.57. The second kappa shape index (κ2) is 5.35. The van der Waals surface area contributed by atoms with Crippen molar-refractivity contribution in [3.05, 3.63) is 38.8 Å². The van der Waals surface area contributed by atoms with Crippen LogP contribution in [0.2, 0.25) is 0 Å². The summed E-state index contributed by atoms with van der Waals surface area (Å²) in [7, 11) is -3.77. The molecule has 1 aliphatic heterocycles. The Morgan fingerprint density at radius 2 is 1.89 bits per heavy atom. The van der Waals surface area contributed by atoms with Gasteiger partial charge >= 0.3 is 5.97 Å². The average molecular weight is 411 g/mol. The minimum atomic E-state index is -3.77. The first kappa shape index (κ1) is 14.7. The summed E-state index contributed by atoms with van der Waals surface area (Å²) in [6.07, 6.45) is -1.05. The highest BCUT2D eigenvalue weighted by molar-refractivity contribution is 9.14. The lowest BCUT2D eigenvalue weighted by Crippen LogP contribution is -2.35. The molecule has 0 radical (unpaired) electrons. The van der Waals surface area contributed by atoms with E-state index in [1.54, 1.807) is 25.1 Å². The molecule has 0 unspecified atom stereocenters. The van der Waals surface area contributed by atoms with E-state index in [2.05, 4.69) is 36.6 Å². The molecule has 1 atom stereocenters. The minimum absolute atomic E-state index is 0.148. The number of carbonyl (C=O) groups excluding carboxylic acids is 1. The molecule has 102 valence electrons. The van der Waals surface area contributed by atoms with Crippen molar-refractivity contribution in [3.8, 4) is 0 Å². The van der Waals surface area contributed by atoms with Gasteiger partial charge in [0.05, 0.1) is 9.38 Å². The Morgan fingerprint density at radius 3 is 2.42 bits per heavy atom. The van der Waals surface area contributed by atoms with Crippen LogP contribution in [0.1, 0.15) is 5.56 Å². The summed E-state index contributed by atoms with van der Waals surface area (Å²) in [5, 5.41) is 0. The number of aryl methyl sites for hydroxylation is 1. The van der Waals surface area contributed by atoms with Gasteiger partial charge in [-0.15, -0.1) is 0 Å². The predicted octanol–water partition coefficient (Wildman–Crippen LogP) is 2.16. The number of nitrogens with one attached hydrogen (secondary N) is 1. The summed E-state index contributed by atoms with van der Waals surface area (Å²) in [4.78, 5) is 11.4. The highest BCUT2D eigenvalue weighted by Crippen LogP contribution is 2.31. The number of benzene rings is 1. The van der Waals surface area contributed by atoms with Gasteiger partial charge in [-0.25, -0.2) is 13.2 Å². The van der Waals surface area contributed by atoms with Crippen LogP contribution >= 0.6 is 31.9 Å². The number of rotatable bonds is 3. The molecule has 1 heterocycles. The van der Waals surface area contributed by atoms with E-state index in [-0.39, 0.29) is 9.38 Å². The van der Waals surface area contributed by atoms with Crippen LogP contribution in [0.4, 0.5) is 0 Å². The Bertz CT molecular complexity index is 669. The van der Waals surface area contributed by atoms with E-state index in [4.69, 9.17) is 4.74 Å². The van der Waals surface area contributed by atoms with Crippen molar-refractivity contribution in [3.63, 3.8) is 0 Å². The van der Waals surface area contributed by atoms with Crippen molar-refractivity contribution in [2.75, 3.05) is 0 Å². The van der Waals surface area contributed by atoms with Crippen molar-refractivity contribution in [2.45, 2.75) is 18.0 Å². The second-order valence-corrected chi connectivity index (χ2v) is 7.16. The largest absolute Gasteiger partial charge is 0.437 e. The summed E-state index contributed by atoms with van der Waals surface area (Å²) >= 11 is 6.13. The lowest BCUT2D eigenvalue weighted by Gasteiger charge is -2.14. The fourth-order valence-corrected chi connectivity index (χ4v) is 3.71. The molecule has 19 heavy (non-hydrogen) atoms. The van der Waals surface area contributed by atoms with Crippen molar-refractivity contribution in [2.24, 2.45) is 0 Å². The molecule has 0 spiro atoms. The second-order valence-electron chi connectivity index (χ2n) is 3.83. The maximum absolute atomic E-state index is 12.2. The van der Waals surface area contributed by atoms with E-state index in [0.717, 1.165) is 0 Å². The molecule has 2 rings (SSSR count). The van der Waals surface area contributed by atoms with Crippen molar-refractivity contribution in [1.82, 2.24) is 4.72 Å². The Hall–Kier alpha value is -0.700. The van der Waals surface area contributed by atoms with E-state index in [1.807, 2.05) is 0 Å². The third-order valence-corrected chi connectivity index (χ3v) is 6.15. The van der Waals surface area contributed by atoms with Crippen LogP contribution in [0.25, 0.3) is 0 Å². The highest BCUT2D eigenvalue weighted by atomic mass is 79.9. The molecule has 1 aliphatic rings. The van der Waals surface area contributed by atoms with Crippen LogP contribution in [-0.4, -0.2) is 20.6 Å². The zero-order valence-electron chi connectivity index (χ0n) is 9.68. The molecule has 0 amide bonds. The third kappa shape index (κ3) is 2.91. The van der Waals surface area contributed by atoms with Crippen molar-refractivity contribution >= 4 is 47.9 Å². The van der Waals surface area contributed by atoms with Crippen molar-refractivity contribution < 1.29 is 17.9 Å². The fraction of sp³-hybridized carbons (Fsp3) is 0.182. The molecule has 0 aromatic heterocycles. The lowest BCUT2D eigenvalue weighted by atomic mass is 10.2. The topological polar surface area (TPSA) is 72.5 Å². The van der Waals surface area contributed by atoms with Gasteiger partial charge in [-0.2, -0.15) is 4.72 Å². The Kier molecular flexibility index (Phi) is 4.14. The van der Waals surface area contributed by atoms with Gasteiger partial charge in [0.1, 0.15) is 4.48 Å². The number of sulfonamides is 1. The number of hydrogen-bond donors (Lipinski definition) is 1. The first-order valence-electron chi connectivity index (χ1n) is 5.17. The van der Waals surface area contributed by atoms with Crippen LogP contribution < -0.4 is 4.72 Å². The lowest BCUT2D eigenvalue weighted by molar-refractivity contribution is -0.139. The fourth-order valence-electron chi connectivity index (χ4n) is 1.56. The molecule has 1 N–H and O–H groups in total. The molecule has 1 aromatic carbocycles. The molecule has 0 saturated heterocycles. The smallest absolute Gasteiger partial charge is 0.348 e. The van der Waals surface area contributed by atoms with Gasteiger partial charge < -0.3 is 4.74 Å². The number of cyclic esters (lactones) is 1. The quantitative estimate of drug-likeness (QED) is 0.775. The predicted molar refractivity (Wildman–Crippen MR) is 76.3 cm³/mol. The Morgan fingerprint density at radius 1 is 1.26 bits per heavy atom. The van der Waals surface area contributed by atoms with Crippen LogP contribution in [0, 0.1) is 6.92 Å². The van der Waals surface area contributed by atoms with Gasteiger partial charge in [-0.1, -0.05) is 18.2 Å². The zero-order valence-corrected chi connectivity index (χ0v) is 13.7. The van der Waals surface area contributed by atoms with Crippen LogP contribution in [-0.2, 0) is 19.6 Å². The standard InChI is InChI=1S/C11H9Br2NO4S/c1-6-4-2-3-5-7(6)19(16,17)14-10-8(12)9(13)11(15)18-10/h2-5,10,14H,1H3/t10-/m0/s1. The zero-order chi connectivity index (χ0) is 14.2. The monoisotopic (exact) mass is 409 g/mol. The molecule has 5 nitrogen and oxygen atoms in total. The maximum Gasteiger partial charge on any atom is 0.348 e. The van der Waals surface area contributed by atoms with E-state index >= 15 is 0 Å². The van der Waals surface area contributed by atoms with Gasteiger partial charge in [0.2, 0.25) is 16.3 Å². The number of hydrogen-bond acceptors (Lipinski definition) is 4. The molecule has 0 saturated carbocycles.